The van der Waals surface area contributed by atoms with Crippen LogP contribution in [0.15, 0.2) is 41.4 Å². The Balaban J connectivity index is 0.000000750. The van der Waals surface area contributed by atoms with Crippen LogP contribution in [0.2, 0.25) is 0 Å². The predicted molar refractivity (Wildman–Crippen MR) is 66.1 cm³/mol. The van der Waals surface area contributed by atoms with Gasteiger partial charge in [0, 0.05) is 12.6 Å². The highest BCUT2D eigenvalue weighted by Crippen LogP contribution is 2.31. The second kappa shape index (κ2) is 3.54. The van der Waals surface area contributed by atoms with Crippen molar-refractivity contribution in [3.8, 4) is 0 Å². The van der Waals surface area contributed by atoms with Gasteiger partial charge in [0.25, 0.3) is 0 Å². The minimum atomic E-state index is 0. The molecule has 0 saturated heterocycles. The summed E-state index contributed by atoms with van der Waals surface area (Å²) in [6.07, 6.45) is 2.97. The van der Waals surface area contributed by atoms with E-state index in [9.17, 15) is 0 Å². The van der Waals surface area contributed by atoms with Gasteiger partial charge in [-0.05, 0) is 22.4 Å². The highest BCUT2D eigenvalue weighted by atomic mass is 79.9. The zero-order valence-electron chi connectivity index (χ0n) is 7.60. The van der Waals surface area contributed by atoms with Gasteiger partial charge in [0.2, 0.25) is 0 Å². The van der Waals surface area contributed by atoms with E-state index in [4.69, 9.17) is 0 Å². The second-order valence-corrected chi connectivity index (χ2v) is 3.30. The summed E-state index contributed by atoms with van der Waals surface area (Å²) in [5.41, 5.74) is 2.51. The maximum Gasteiger partial charge on any atom is 0.0667 e. The molecule has 0 spiro atoms. The average Bonchev–Trinajstić information content (AvgIpc) is 2.65. The van der Waals surface area contributed by atoms with Crippen LogP contribution in [0.25, 0.3) is 10.8 Å². The Kier molecular flexibility index (Phi) is 2.38. The zero-order chi connectivity index (χ0) is 8.67. The third-order valence-corrected chi connectivity index (χ3v) is 2.54. The summed E-state index contributed by atoms with van der Waals surface area (Å²) in [6.45, 7) is 0. The van der Waals surface area contributed by atoms with Gasteiger partial charge in [-0.25, -0.2) is 0 Å². The van der Waals surface area contributed by atoms with E-state index in [1.807, 2.05) is 6.21 Å². The molecule has 0 N–H and O–H groups in total. The number of benzene rings is 2. The van der Waals surface area contributed by atoms with Gasteiger partial charge >= 0.3 is 0 Å². The van der Waals surface area contributed by atoms with Crippen molar-refractivity contribution in [1.29, 1.82) is 0 Å². The Hall–Kier alpha value is -1.15. The van der Waals surface area contributed by atoms with Crippen LogP contribution in [-0.2, 0) is 6.42 Å². The summed E-state index contributed by atoms with van der Waals surface area (Å²) in [5, 5.41) is 2.66. The molecule has 0 radical (unpaired) electrons. The lowest BCUT2D eigenvalue weighted by atomic mass is 10.0. The standard InChI is InChI=1S/C12H9N.BrH/c1-2-4-10-9(3-1)5-6-12-11(10)7-8-13-12;/h1-6,8H,7H2;1H. The highest BCUT2D eigenvalue weighted by molar-refractivity contribution is 8.93. The molecule has 0 atom stereocenters. The molecule has 2 heteroatoms. The topological polar surface area (TPSA) is 12.4 Å². The van der Waals surface area contributed by atoms with Crippen molar-refractivity contribution < 1.29 is 0 Å². The van der Waals surface area contributed by atoms with E-state index >= 15 is 0 Å². The van der Waals surface area contributed by atoms with Crippen LogP contribution in [0.4, 0.5) is 5.69 Å². The van der Waals surface area contributed by atoms with Gasteiger partial charge in [-0.2, -0.15) is 0 Å². The molecule has 0 bridgehead atoms. The van der Waals surface area contributed by atoms with Crippen LogP contribution in [0, 0.1) is 0 Å². The number of hydrogen-bond acceptors (Lipinski definition) is 1. The van der Waals surface area contributed by atoms with Crippen LogP contribution in [-0.4, -0.2) is 6.21 Å². The third kappa shape index (κ3) is 1.26. The number of hydrogen-bond donors (Lipinski definition) is 0. The Morgan fingerprint density at radius 2 is 1.86 bits per heavy atom. The third-order valence-electron chi connectivity index (χ3n) is 2.54. The minimum absolute atomic E-state index is 0. The first-order valence-corrected chi connectivity index (χ1v) is 4.48. The average molecular weight is 248 g/mol. The van der Waals surface area contributed by atoms with E-state index in [1.54, 1.807) is 0 Å². The molecule has 3 rings (SSSR count). The Bertz CT molecular complexity index is 503. The summed E-state index contributed by atoms with van der Waals surface area (Å²) in [4.78, 5) is 4.32. The SMILES string of the molecule is Br.C1=Nc2ccc3ccccc3c2C1. The molecule has 2 aromatic carbocycles. The van der Waals surface area contributed by atoms with E-state index < -0.39 is 0 Å². The largest absolute Gasteiger partial charge is 0.261 e. The van der Waals surface area contributed by atoms with E-state index in [0.29, 0.717) is 0 Å². The lowest BCUT2D eigenvalue weighted by Gasteiger charge is -2.02. The van der Waals surface area contributed by atoms with Gasteiger partial charge in [-0.15, -0.1) is 17.0 Å². The van der Waals surface area contributed by atoms with Crippen molar-refractivity contribution in [2.75, 3.05) is 0 Å². The molecule has 0 amide bonds. The van der Waals surface area contributed by atoms with Crippen LogP contribution >= 0.6 is 17.0 Å². The highest BCUT2D eigenvalue weighted by Gasteiger charge is 2.08. The normalized spacial score (nSPS) is 12.6. The lowest BCUT2D eigenvalue weighted by molar-refractivity contribution is 1.46. The lowest BCUT2D eigenvalue weighted by Crippen LogP contribution is -1.82. The fourth-order valence-corrected chi connectivity index (χ4v) is 1.90. The van der Waals surface area contributed by atoms with Gasteiger partial charge in [0.05, 0.1) is 5.69 Å². The van der Waals surface area contributed by atoms with Crippen molar-refractivity contribution >= 4 is 39.7 Å². The van der Waals surface area contributed by atoms with Crippen molar-refractivity contribution in [3.05, 3.63) is 42.0 Å². The zero-order valence-corrected chi connectivity index (χ0v) is 9.32. The molecule has 70 valence electrons. The fourth-order valence-electron chi connectivity index (χ4n) is 1.90. The molecule has 1 nitrogen and oxygen atoms in total. The predicted octanol–water partition coefficient (Wildman–Crippen LogP) is 3.68. The summed E-state index contributed by atoms with van der Waals surface area (Å²) < 4.78 is 0. The minimum Gasteiger partial charge on any atom is -0.261 e. The van der Waals surface area contributed by atoms with Crippen molar-refractivity contribution in [2.45, 2.75) is 6.42 Å². The first kappa shape index (κ1) is 9.41. The summed E-state index contributed by atoms with van der Waals surface area (Å²) >= 11 is 0. The smallest absolute Gasteiger partial charge is 0.0667 e. The number of nitrogens with zero attached hydrogens (tertiary/aromatic N) is 1. The van der Waals surface area contributed by atoms with E-state index in [2.05, 4.69) is 41.4 Å². The number of fused-ring (bicyclic) bond motifs is 3. The van der Waals surface area contributed by atoms with Gasteiger partial charge in [-0.1, -0.05) is 30.3 Å². The fraction of sp³-hybridized carbons (Fsp3) is 0.0833. The number of aliphatic imine (C=N–C) groups is 1. The Labute approximate surface area is 93.2 Å². The first-order valence-electron chi connectivity index (χ1n) is 4.48. The molecule has 1 heterocycles. The van der Waals surface area contributed by atoms with E-state index in [-0.39, 0.29) is 17.0 Å². The molecular weight excluding hydrogens is 238 g/mol. The molecule has 0 unspecified atom stereocenters. The van der Waals surface area contributed by atoms with Crippen LogP contribution in [0.1, 0.15) is 5.56 Å². The van der Waals surface area contributed by atoms with Gasteiger partial charge in [-0.3, -0.25) is 4.99 Å². The van der Waals surface area contributed by atoms with E-state index in [1.165, 1.54) is 16.3 Å². The number of rotatable bonds is 0. The molecule has 2 aromatic rings. The van der Waals surface area contributed by atoms with Crippen molar-refractivity contribution in [3.63, 3.8) is 0 Å². The summed E-state index contributed by atoms with van der Waals surface area (Å²) in [6, 6.07) is 12.7. The Morgan fingerprint density at radius 3 is 2.79 bits per heavy atom. The Morgan fingerprint density at radius 1 is 1.00 bits per heavy atom. The summed E-state index contributed by atoms with van der Waals surface area (Å²) in [5.74, 6) is 0. The second-order valence-electron chi connectivity index (χ2n) is 3.30. The molecule has 1 aliphatic rings. The molecule has 0 fully saturated rings. The molecule has 0 aliphatic carbocycles. The first-order chi connectivity index (χ1) is 6.45. The molecule has 1 aliphatic heterocycles. The van der Waals surface area contributed by atoms with Gasteiger partial charge in [0.15, 0.2) is 0 Å². The number of halogens is 1. The van der Waals surface area contributed by atoms with Gasteiger partial charge in [0.1, 0.15) is 0 Å². The molecular formula is C12H10BrN. The van der Waals surface area contributed by atoms with Crippen LogP contribution in [0.5, 0.6) is 0 Å². The van der Waals surface area contributed by atoms with Gasteiger partial charge < -0.3 is 0 Å². The maximum atomic E-state index is 4.32. The quantitative estimate of drug-likeness (QED) is 0.674. The molecule has 0 aromatic heterocycles. The monoisotopic (exact) mass is 247 g/mol. The van der Waals surface area contributed by atoms with E-state index in [0.717, 1.165) is 12.1 Å². The summed E-state index contributed by atoms with van der Waals surface area (Å²) in [7, 11) is 0. The van der Waals surface area contributed by atoms with Crippen molar-refractivity contribution in [2.24, 2.45) is 4.99 Å². The molecule has 14 heavy (non-hydrogen) atoms. The maximum absolute atomic E-state index is 4.32. The van der Waals surface area contributed by atoms with Crippen LogP contribution in [0.3, 0.4) is 0 Å². The molecule has 0 saturated carbocycles. The van der Waals surface area contributed by atoms with Crippen LogP contribution < -0.4 is 0 Å². The van der Waals surface area contributed by atoms with Crippen molar-refractivity contribution in [1.82, 2.24) is 0 Å².